The van der Waals surface area contributed by atoms with E-state index in [9.17, 15) is 0 Å². The van der Waals surface area contributed by atoms with Crippen LogP contribution in [0.4, 0.5) is 0 Å². The molecule has 114 valence electrons. The van der Waals surface area contributed by atoms with Gasteiger partial charge in [0.25, 0.3) is 0 Å². The molecule has 4 heteroatoms. The highest BCUT2D eigenvalue weighted by molar-refractivity contribution is 9.15. The first kappa shape index (κ1) is 15.6. The van der Waals surface area contributed by atoms with Gasteiger partial charge in [-0.15, -0.1) is 0 Å². The van der Waals surface area contributed by atoms with Gasteiger partial charge in [-0.3, -0.25) is 9.97 Å². The maximum Gasteiger partial charge on any atom is 0.0892 e. The molecule has 3 aromatic rings. The van der Waals surface area contributed by atoms with Crippen molar-refractivity contribution in [1.82, 2.24) is 15.0 Å². The van der Waals surface area contributed by atoms with Crippen LogP contribution in [0.15, 0.2) is 55.1 Å². The van der Waals surface area contributed by atoms with Crippen LogP contribution in [0.3, 0.4) is 0 Å². The zero-order valence-electron chi connectivity index (χ0n) is 13.0. The van der Waals surface area contributed by atoms with E-state index in [0.29, 0.717) is 0 Å². The number of aromatic nitrogens is 3. The largest absolute Gasteiger partial charge is 0.264 e. The summed E-state index contributed by atoms with van der Waals surface area (Å²) in [6, 6.07) is 10.3. The average Bonchev–Trinajstić information content (AvgIpc) is 2.55. The summed E-state index contributed by atoms with van der Waals surface area (Å²) in [5.41, 5.74) is 6.21. The Morgan fingerprint density at radius 2 is 1.78 bits per heavy atom. The third-order valence-electron chi connectivity index (χ3n) is 3.38. The second-order valence-corrected chi connectivity index (χ2v) is 6.29. The Morgan fingerprint density at radius 3 is 2.48 bits per heavy atom. The summed E-state index contributed by atoms with van der Waals surface area (Å²) >= 11 is 3.58. The summed E-state index contributed by atoms with van der Waals surface area (Å²) in [5.74, 6) is 0. The highest BCUT2D eigenvalue weighted by Gasteiger charge is 2.04. The van der Waals surface area contributed by atoms with Crippen molar-refractivity contribution in [3.63, 3.8) is 0 Å². The van der Waals surface area contributed by atoms with Crippen LogP contribution in [0, 0.1) is 13.8 Å². The van der Waals surface area contributed by atoms with E-state index in [1.54, 1.807) is 18.6 Å². The molecule has 0 fully saturated rings. The van der Waals surface area contributed by atoms with Crippen LogP contribution in [0.25, 0.3) is 21.8 Å². The Bertz CT molecular complexity index is 837. The SMILES string of the molecule is Cc1cc(C)cc(-c2cncc(/C=C(\Br)c3cccnc3)n2)c1. The number of nitrogens with zero attached hydrogens (tertiary/aromatic N) is 3. The number of benzene rings is 1. The summed E-state index contributed by atoms with van der Waals surface area (Å²) in [6.07, 6.45) is 9.07. The molecule has 0 saturated heterocycles. The summed E-state index contributed by atoms with van der Waals surface area (Å²) in [5, 5.41) is 0. The molecule has 0 aliphatic rings. The smallest absolute Gasteiger partial charge is 0.0892 e. The van der Waals surface area contributed by atoms with Gasteiger partial charge in [0.1, 0.15) is 0 Å². The van der Waals surface area contributed by atoms with E-state index in [1.807, 2.05) is 24.4 Å². The Morgan fingerprint density at radius 1 is 1.00 bits per heavy atom. The molecule has 0 bridgehead atoms. The van der Waals surface area contributed by atoms with Crippen molar-refractivity contribution in [1.29, 1.82) is 0 Å². The van der Waals surface area contributed by atoms with Crippen molar-refractivity contribution in [2.75, 3.05) is 0 Å². The van der Waals surface area contributed by atoms with E-state index in [1.165, 1.54) is 11.1 Å². The van der Waals surface area contributed by atoms with Gasteiger partial charge in [0.2, 0.25) is 0 Å². The van der Waals surface area contributed by atoms with E-state index in [4.69, 9.17) is 4.98 Å². The molecule has 3 rings (SSSR count). The van der Waals surface area contributed by atoms with Crippen LogP contribution in [-0.4, -0.2) is 15.0 Å². The molecule has 0 radical (unpaired) electrons. The monoisotopic (exact) mass is 365 g/mol. The molecular formula is C19H16BrN3. The van der Waals surface area contributed by atoms with Gasteiger partial charge >= 0.3 is 0 Å². The number of hydrogen-bond donors (Lipinski definition) is 0. The minimum Gasteiger partial charge on any atom is -0.264 e. The Hall–Kier alpha value is -2.33. The molecule has 2 aromatic heterocycles. The normalized spacial score (nSPS) is 11.5. The average molecular weight is 366 g/mol. The van der Waals surface area contributed by atoms with Crippen LogP contribution >= 0.6 is 15.9 Å². The zero-order valence-corrected chi connectivity index (χ0v) is 14.6. The predicted molar refractivity (Wildman–Crippen MR) is 98.0 cm³/mol. The molecule has 1 aromatic carbocycles. The molecule has 3 nitrogen and oxygen atoms in total. The fraction of sp³-hybridized carbons (Fsp3) is 0.105. The third kappa shape index (κ3) is 3.90. The minimum absolute atomic E-state index is 0.803. The van der Waals surface area contributed by atoms with Crippen LogP contribution in [0.1, 0.15) is 22.4 Å². The highest BCUT2D eigenvalue weighted by Crippen LogP contribution is 2.24. The van der Waals surface area contributed by atoms with Crippen LogP contribution in [0.5, 0.6) is 0 Å². The molecule has 0 amide bonds. The molecule has 0 unspecified atom stereocenters. The van der Waals surface area contributed by atoms with Gasteiger partial charge in [-0.2, -0.15) is 0 Å². The van der Waals surface area contributed by atoms with Gasteiger partial charge in [-0.05, 0) is 38.1 Å². The van der Waals surface area contributed by atoms with Gasteiger partial charge in [-0.25, -0.2) is 4.98 Å². The topological polar surface area (TPSA) is 38.7 Å². The van der Waals surface area contributed by atoms with E-state index in [2.05, 4.69) is 57.9 Å². The number of rotatable bonds is 3. The van der Waals surface area contributed by atoms with E-state index >= 15 is 0 Å². The molecule has 0 N–H and O–H groups in total. The highest BCUT2D eigenvalue weighted by atomic mass is 79.9. The van der Waals surface area contributed by atoms with Crippen LogP contribution < -0.4 is 0 Å². The van der Waals surface area contributed by atoms with Crippen molar-refractivity contribution < 1.29 is 0 Å². The fourth-order valence-corrected chi connectivity index (χ4v) is 2.90. The second-order valence-electron chi connectivity index (χ2n) is 5.44. The summed E-state index contributed by atoms with van der Waals surface area (Å²) in [6.45, 7) is 4.18. The third-order valence-corrected chi connectivity index (χ3v) is 4.07. The van der Waals surface area contributed by atoms with Crippen molar-refractivity contribution in [3.8, 4) is 11.3 Å². The maximum absolute atomic E-state index is 4.70. The first-order chi connectivity index (χ1) is 11.1. The van der Waals surface area contributed by atoms with Crippen molar-refractivity contribution in [2.45, 2.75) is 13.8 Å². The number of hydrogen-bond acceptors (Lipinski definition) is 3. The van der Waals surface area contributed by atoms with E-state index in [0.717, 1.165) is 27.0 Å². The first-order valence-electron chi connectivity index (χ1n) is 7.30. The van der Waals surface area contributed by atoms with Crippen molar-refractivity contribution in [3.05, 3.63) is 77.5 Å². The van der Waals surface area contributed by atoms with Crippen LogP contribution in [-0.2, 0) is 0 Å². The predicted octanol–water partition coefficient (Wildman–Crippen LogP) is 5.05. The molecule has 0 atom stereocenters. The van der Waals surface area contributed by atoms with Gasteiger partial charge in [0, 0.05) is 28.0 Å². The lowest BCUT2D eigenvalue weighted by molar-refractivity contribution is 1.18. The Labute approximate surface area is 144 Å². The first-order valence-corrected chi connectivity index (χ1v) is 8.09. The number of halogens is 1. The molecular weight excluding hydrogens is 350 g/mol. The molecule has 0 aliphatic carbocycles. The lowest BCUT2D eigenvalue weighted by Crippen LogP contribution is -1.91. The van der Waals surface area contributed by atoms with Gasteiger partial charge in [-0.1, -0.05) is 39.2 Å². The molecule has 0 saturated carbocycles. The minimum atomic E-state index is 0.803. The summed E-state index contributed by atoms with van der Waals surface area (Å²) < 4.78 is 0.928. The zero-order chi connectivity index (χ0) is 16.2. The lowest BCUT2D eigenvalue weighted by Gasteiger charge is -2.05. The van der Waals surface area contributed by atoms with Crippen molar-refractivity contribution >= 4 is 26.5 Å². The van der Waals surface area contributed by atoms with Gasteiger partial charge in [0.15, 0.2) is 0 Å². The molecule has 0 aliphatic heterocycles. The van der Waals surface area contributed by atoms with Gasteiger partial charge < -0.3 is 0 Å². The fourth-order valence-electron chi connectivity index (χ4n) is 2.43. The standard InChI is InChI=1S/C19H16BrN3/c1-13-6-14(2)8-16(7-13)19-12-22-11-17(23-19)9-18(20)15-4-3-5-21-10-15/h3-12H,1-2H3/b18-9-. The molecule has 0 spiro atoms. The van der Waals surface area contributed by atoms with E-state index in [-0.39, 0.29) is 0 Å². The van der Waals surface area contributed by atoms with Crippen molar-refractivity contribution in [2.24, 2.45) is 0 Å². The molecule has 2 heterocycles. The van der Waals surface area contributed by atoms with Crippen LogP contribution in [0.2, 0.25) is 0 Å². The summed E-state index contributed by atoms with van der Waals surface area (Å²) in [4.78, 5) is 13.1. The maximum atomic E-state index is 4.70. The number of pyridine rings is 1. The Kier molecular flexibility index (Phi) is 4.63. The Balaban J connectivity index is 1.97. The lowest BCUT2D eigenvalue weighted by atomic mass is 10.1. The molecule has 23 heavy (non-hydrogen) atoms. The summed E-state index contributed by atoms with van der Waals surface area (Å²) in [7, 11) is 0. The number of aryl methyl sites for hydroxylation is 2. The second kappa shape index (κ2) is 6.84. The van der Waals surface area contributed by atoms with Gasteiger partial charge in [0.05, 0.1) is 23.8 Å². The quantitative estimate of drug-likeness (QED) is 0.651. The van der Waals surface area contributed by atoms with E-state index < -0.39 is 0 Å².